The molecule has 1 aromatic heterocycles. The van der Waals surface area contributed by atoms with Crippen LogP contribution in [-0.4, -0.2) is 28.5 Å². The van der Waals surface area contributed by atoms with E-state index in [1.807, 2.05) is 0 Å². The molecule has 1 amide bonds. The number of carbonyl (C=O) groups excluding carboxylic acids is 1. The fourth-order valence-electron chi connectivity index (χ4n) is 1.06. The van der Waals surface area contributed by atoms with Crippen LogP contribution in [0.15, 0.2) is 12.3 Å². The van der Waals surface area contributed by atoms with E-state index in [1.165, 1.54) is 6.20 Å². The van der Waals surface area contributed by atoms with Crippen LogP contribution in [0, 0.1) is 6.92 Å². The third-order valence-corrected chi connectivity index (χ3v) is 1.72. The molecule has 0 aliphatic heterocycles. The van der Waals surface area contributed by atoms with Gasteiger partial charge >= 0.3 is 5.97 Å². The zero-order chi connectivity index (χ0) is 11.4. The maximum absolute atomic E-state index is 10.8. The molecule has 0 aliphatic carbocycles. The molecule has 0 saturated heterocycles. The third kappa shape index (κ3) is 2.94. The Hall–Kier alpha value is -2.11. The molecule has 0 bridgehead atoms. The van der Waals surface area contributed by atoms with Gasteiger partial charge in [-0.1, -0.05) is 0 Å². The molecule has 6 nitrogen and oxygen atoms in total. The molecular weight excluding hydrogens is 198 g/mol. The van der Waals surface area contributed by atoms with E-state index in [0.29, 0.717) is 11.4 Å². The van der Waals surface area contributed by atoms with Gasteiger partial charge in [-0.3, -0.25) is 9.78 Å². The van der Waals surface area contributed by atoms with Crippen molar-refractivity contribution >= 4 is 17.6 Å². The molecule has 1 heterocycles. The molecule has 6 heteroatoms. The summed E-state index contributed by atoms with van der Waals surface area (Å²) < 4.78 is 0. The van der Waals surface area contributed by atoms with Crippen LogP contribution < -0.4 is 11.1 Å². The molecule has 1 rings (SSSR count). The monoisotopic (exact) mass is 209 g/mol. The number of aryl methyl sites for hydroxylation is 1. The van der Waals surface area contributed by atoms with Crippen LogP contribution in [0.1, 0.15) is 16.1 Å². The Bertz CT molecular complexity index is 404. The van der Waals surface area contributed by atoms with E-state index in [2.05, 4.69) is 10.3 Å². The van der Waals surface area contributed by atoms with Crippen LogP contribution >= 0.6 is 0 Å². The summed E-state index contributed by atoms with van der Waals surface area (Å²) in [6, 6.07) is 1.55. The summed E-state index contributed by atoms with van der Waals surface area (Å²) in [5, 5.41) is 11.5. The second-order valence-corrected chi connectivity index (χ2v) is 3.00. The van der Waals surface area contributed by atoms with Crippen molar-refractivity contribution in [3.8, 4) is 0 Å². The Balaban J connectivity index is 2.96. The number of nitrogens with zero attached hydrogens (tertiary/aromatic N) is 1. The molecule has 0 atom stereocenters. The van der Waals surface area contributed by atoms with Gasteiger partial charge in [0.15, 0.2) is 0 Å². The van der Waals surface area contributed by atoms with E-state index in [9.17, 15) is 9.59 Å². The van der Waals surface area contributed by atoms with E-state index in [0.717, 1.165) is 0 Å². The number of nitrogens with two attached hydrogens (primary N) is 1. The van der Waals surface area contributed by atoms with Crippen LogP contribution in [0.3, 0.4) is 0 Å². The number of primary amides is 1. The van der Waals surface area contributed by atoms with Gasteiger partial charge in [-0.2, -0.15) is 0 Å². The van der Waals surface area contributed by atoms with E-state index in [1.54, 1.807) is 13.0 Å². The van der Waals surface area contributed by atoms with E-state index in [4.69, 9.17) is 10.8 Å². The average molecular weight is 209 g/mol. The number of anilines is 1. The predicted octanol–water partition coefficient (Wildman–Crippen LogP) is -0.0146. The first kappa shape index (κ1) is 11.0. The van der Waals surface area contributed by atoms with E-state index < -0.39 is 11.9 Å². The lowest BCUT2D eigenvalue weighted by Crippen LogP contribution is -2.22. The highest BCUT2D eigenvalue weighted by Gasteiger charge is 2.10. The van der Waals surface area contributed by atoms with Gasteiger partial charge < -0.3 is 16.2 Å². The van der Waals surface area contributed by atoms with Crippen LogP contribution in [0.2, 0.25) is 0 Å². The van der Waals surface area contributed by atoms with Crippen molar-refractivity contribution in [3.63, 3.8) is 0 Å². The first-order chi connectivity index (χ1) is 7.00. The van der Waals surface area contributed by atoms with Crippen molar-refractivity contribution in [1.82, 2.24) is 4.98 Å². The SMILES string of the molecule is Cc1cc(NCC(N)=O)c(C(=O)O)cn1. The van der Waals surface area contributed by atoms with Crippen LogP contribution in [-0.2, 0) is 4.79 Å². The zero-order valence-corrected chi connectivity index (χ0v) is 8.15. The molecule has 4 N–H and O–H groups in total. The van der Waals surface area contributed by atoms with Gasteiger partial charge in [-0.25, -0.2) is 4.79 Å². The van der Waals surface area contributed by atoms with Crippen molar-refractivity contribution in [2.75, 3.05) is 11.9 Å². The standard InChI is InChI=1S/C9H11N3O3/c1-5-2-7(12-4-8(10)13)6(3-11-5)9(14)15/h2-3H,4H2,1H3,(H2,10,13)(H,11,12)(H,14,15). The van der Waals surface area contributed by atoms with Crippen LogP contribution in [0.25, 0.3) is 0 Å². The number of hydrogen-bond donors (Lipinski definition) is 3. The van der Waals surface area contributed by atoms with Crippen molar-refractivity contribution < 1.29 is 14.7 Å². The Morgan fingerprint density at radius 3 is 2.80 bits per heavy atom. The van der Waals surface area contributed by atoms with Crippen LogP contribution in [0.4, 0.5) is 5.69 Å². The van der Waals surface area contributed by atoms with Gasteiger partial charge in [-0.15, -0.1) is 0 Å². The van der Waals surface area contributed by atoms with Gasteiger partial charge in [0.2, 0.25) is 5.91 Å². The summed E-state index contributed by atoms with van der Waals surface area (Å²) in [6.07, 6.45) is 1.24. The molecule has 0 saturated carbocycles. The lowest BCUT2D eigenvalue weighted by atomic mass is 10.2. The van der Waals surface area contributed by atoms with Gasteiger partial charge in [-0.05, 0) is 13.0 Å². The van der Waals surface area contributed by atoms with Gasteiger partial charge in [0.25, 0.3) is 0 Å². The molecule has 0 radical (unpaired) electrons. The number of rotatable bonds is 4. The molecular formula is C9H11N3O3. The number of carboxylic acid groups (broad SMARTS) is 1. The highest BCUT2D eigenvalue weighted by Crippen LogP contribution is 2.15. The maximum Gasteiger partial charge on any atom is 0.339 e. The Labute approximate surface area is 86.1 Å². The fraction of sp³-hybridized carbons (Fsp3) is 0.222. The fourth-order valence-corrected chi connectivity index (χ4v) is 1.06. The highest BCUT2D eigenvalue weighted by molar-refractivity contribution is 5.94. The summed E-state index contributed by atoms with van der Waals surface area (Å²) in [7, 11) is 0. The lowest BCUT2D eigenvalue weighted by molar-refractivity contribution is -0.116. The van der Waals surface area contributed by atoms with E-state index >= 15 is 0 Å². The summed E-state index contributed by atoms with van der Waals surface area (Å²) >= 11 is 0. The quantitative estimate of drug-likeness (QED) is 0.646. The Morgan fingerprint density at radius 2 is 2.27 bits per heavy atom. The second-order valence-electron chi connectivity index (χ2n) is 3.00. The number of nitrogens with one attached hydrogen (secondary N) is 1. The van der Waals surface area contributed by atoms with Crippen molar-refractivity contribution in [2.24, 2.45) is 5.73 Å². The molecule has 0 aliphatic rings. The Kier molecular flexibility index (Phi) is 3.22. The topological polar surface area (TPSA) is 105 Å². The second kappa shape index (κ2) is 4.41. The predicted molar refractivity (Wildman–Crippen MR) is 53.6 cm³/mol. The van der Waals surface area contributed by atoms with Crippen molar-refractivity contribution in [1.29, 1.82) is 0 Å². The third-order valence-electron chi connectivity index (χ3n) is 1.72. The van der Waals surface area contributed by atoms with Crippen LogP contribution in [0.5, 0.6) is 0 Å². The minimum Gasteiger partial charge on any atom is -0.478 e. The molecule has 0 unspecified atom stereocenters. The first-order valence-electron chi connectivity index (χ1n) is 4.23. The van der Waals surface area contributed by atoms with Gasteiger partial charge in [0, 0.05) is 11.9 Å². The number of hydrogen-bond acceptors (Lipinski definition) is 4. The zero-order valence-electron chi connectivity index (χ0n) is 8.15. The first-order valence-corrected chi connectivity index (χ1v) is 4.23. The van der Waals surface area contributed by atoms with Crippen molar-refractivity contribution in [3.05, 3.63) is 23.5 Å². The highest BCUT2D eigenvalue weighted by atomic mass is 16.4. The smallest absolute Gasteiger partial charge is 0.339 e. The van der Waals surface area contributed by atoms with Crippen molar-refractivity contribution in [2.45, 2.75) is 6.92 Å². The largest absolute Gasteiger partial charge is 0.478 e. The molecule has 0 spiro atoms. The number of pyridine rings is 1. The number of amides is 1. The minimum atomic E-state index is -1.10. The number of carboxylic acids is 1. The molecule has 1 aromatic rings. The maximum atomic E-state index is 10.8. The molecule has 0 fully saturated rings. The molecule has 15 heavy (non-hydrogen) atoms. The summed E-state index contributed by atoms with van der Waals surface area (Å²) in [4.78, 5) is 25.2. The van der Waals surface area contributed by atoms with Gasteiger partial charge in [0.05, 0.1) is 12.2 Å². The molecule has 0 aromatic carbocycles. The average Bonchev–Trinajstić information content (AvgIpc) is 2.14. The number of aromatic carboxylic acids is 1. The Morgan fingerprint density at radius 1 is 1.60 bits per heavy atom. The lowest BCUT2D eigenvalue weighted by Gasteiger charge is -2.07. The van der Waals surface area contributed by atoms with E-state index in [-0.39, 0.29) is 12.1 Å². The summed E-state index contributed by atoms with van der Waals surface area (Å²) in [5.41, 5.74) is 5.96. The number of aromatic nitrogens is 1. The summed E-state index contributed by atoms with van der Waals surface area (Å²) in [6.45, 7) is 1.62. The minimum absolute atomic E-state index is 0.0156. The van der Waals surface area contributed by atoms with Gasteiger partial charge in [0.1, 0.15) is 5.56 Å². The summed E-state index contributed by atoms with van der Waals surface area (Å²) in [5.74, 6) is -1.66. The normalized spacial score (nSPS) is 9.67. The number of carbonyl (C=O) groups is 2. The molecule has 80 valence electrons.